The molecule has 8 heteroatoms. The summed E-state index contributed by atoms with van der Waals surface area (Å²) in [5, 5.41) is 6.36. The summed E-state index contributed by atoms with van der Waals surface area (Å²) >= 11 is 0. The molecule has 0 unspecified atom stereocenters. The number of H-pyrrole nitrogens is 1. The molecule has 17 heavy (non-hydrogen) atoms. The fourth-order valence-corrected chi connectivity index (χ4v) is 2.71. The van der Waals surface area contributed by atoms with Crippen LogP contribution in [0.4, 0.5) is 0 Å². The highest BCUT2D eigenvalue weighted by Gasteiger charge is 2.22. The molecule has 96 valence electrons. The van der Waals surface area contributed by atoms with Crippen LogP contribution in [0.25, 0.3) is 0 Å². The normalized spacial score (nSPS) is 11.5. The highest BCUT2D eigenvalue weighted by Crippen LogP contribution is 2.15. The van der Waals surface area contributed by atoms with Crippen molar-refractivity contribution in [2.45, 2.75) is 25.7 Å². The van der Waals surface area contributed by atoms with Crippen LogP contribution in [-0.2, 0) is 19.6 Å². The number of aromatic amines is 1. The minimum absolute atomic E-state index is 0.0711. The molecule has 1 aromatic rings. The van der Waals surface area contributed by atoms with Crippen LogP contribution in [0.5, 0.6) is 0 Å². The number of hydrogen-bond donors (Lipinski definition) is 2. The first-order valence-electron chi connectivity index (χ1n) is 5.05. The first kappa shape index (κ1) is 13.7. The third-order valence-corrected chi connectivity index (χ3v) is 3.70. The van der Waals surface area contributed by atoms with Crippen LogP contribution in [0.3, 0.4) is 0 Å². The maximum atomic E-state index is 11.9. The van der Waals surface area contributed by atoms with E-state index in [1.54, 1.807) is 20.8 Å². The zero-order valence-electron chi connectivity index (χ0n) is 9.90. The van der Waals surface area contributed by atoms with E-state index >= 15 is 0 Å². The lowest BCUT2D eigenvalue weighted by atomic mass is 10.4. The van der Waals surface area contributed by atoms with Gasteiger partial charge in [0.1, 0.15) is 11.4 Å². The first-order chi connectivity index (χ1) is 7.88. The second-order valence-corrected chi connectivity index (χ2v) is 5.10. The number of carbonyl (C=O) groups is 1. The molecule has 0 bridgehead atoms. The van der Waals surface area contributed by atoms with Crippen LogP contribution in [0, 0.1) is 13.8 Å². The minimum Gasteiger partial charge on any atom is -0.465 e. The van der Waals surface area contributed by atoms with Gasteiger partial charge in [-0.15, -0.1) is 0 Å². The highest BCUT2D eigenvalue weighted by atomic mass is 32.2. The molecule has 0 radical (unpaired) electrons. The van der Waals surface area contributed by atoms with Crippen molar-refractivity contribution >= 4 is 16.0 Å². The lowest BCUT2D eigenvalue weighted by molar-refractivity contribution is -0.141. The van der Waals surface area contributed by atoms with Crippen LogP contribution >= 0.6 is 0 Å². The molecule has 1 rings (SSSR count). The molecule has 7 nitrogen and oxygen atoms in total. The van der Waals surface area contributed by atoms with E-state index in [1.165, 1.54) is 0 Å². The second-order valence-electron chi connectivity index (χ2n) is 3.39. The Hall–Kier alpha value is -1.41. The molecular formula is C9H15N3O4S. The zero-order valence-corrected chi connectivity index (χ0v) is 10.7. The van der Waals surface area contributed by atoms with Crippen molar-refractivity contribution in [3.63, 3.8) is 0 Å². The van der Waals surface area contributed by atoms with Crippen molar-refractivity contribution in [1.29, 1.82) is 0 Å². The van der Waals surface area contributed by atoms with Gasteiger partial charge >= 0.3 is 5.97 Å². The number of nitrogens with zero attached hydrogens (tertiary/aromatic N) is 1. The van der Waals surface area contributed by atoms with Crippen LogP contribution in [0.1, 0.15) is 18.3 Å². The van der Waals surface area contributed by atoms with E-state index in [9.17, 15) is 13.2 Å². The maximum absolute atomic E-state index is 11.9. The molecule has 0 aromatic carbocycles. The smallest absolute Gasteiger partial charge is 0.321 e. The lowest BCUT2D eigenvalue weighted by Gasteiger charge is -2.06. The summed E-state index contributed by atoms with van der Waals surface area (Å²) in [5.74, 6) is -0.616. The molecule has 0 saturated carbocycles. The standard InChI is InChI=1S/C9H15N3O4S/c1-4-16-8(13)5-10-17(14,15)9-6(2)11-12-7(9)3/h10H,4-5H2,1-3H3,(H,11,12). The molecule has 1 aromatic heterocycles. The van der Waals surface area contributed by atoms with Gasteiger partial charge in [0.15, 0.2) is 0 Å². The Morgan fingerprint density at radius 2 is 2.12 bits per heavy atom. The monoisotopic (exact) mass is 261 g/mol. The number of rotatable bonds is 5. The van der Waals surface area contributed by atoms with E-state index in [0.29, 0.717) is 11.4 Å². The topological polar surface area (TPSA) is 101 Å². The Morgan fingerprint density at radius 3 is 2.59 bits per heavy atom. The van der Waals surface area contributed by atoms with Crippen molar-refractivity contribution in [3.8, 4) is 0 Å². The molecule has 0 aliphatic rings. The third-order valence-electron chi connectivity index (χ3n) is 2.04. The molecule has 0 saturated heterocycles. The van der Waals surface area contributed by atoms with E-state index in [1.807, 2.05) is 0 Å². The predicted molar refractivity (Wildman–Crippen MR) is 59.9 cm³/mol. The van der Waals surface area contributed by atoms with Gasteiger partial charge in [-0.2, -0.15) is 9.82 Å². The zero-order chi connectivity index (χ0) is 13.1. The number of carbonyl (C=O) groups excluding carboxylic acids is 1. The molecule has 2 N–H and O–H groups in total. The molecule has 0 fully saturated rings. The van der Waals surface area contributed by atoms with Crippen LogP contribution in [0.15, 0.2) is 4.90 Å². The van der Waals surface area contributed by atoms with Crippen LogP contribution in [-0.4, -0.2) is 37.7 Å². The van der Waals surface area contributed by atoms with Crippen molar-refractivity contribution in [1.82, 2.24) is 14.9 Å². The van der Waals surface area contributed by atoms with Crippen molar-refractivity contribution in [2.75, 3.05) is 13.2 Å². The summed E-state index contributed by atoms with van der Waals surface area (Å²) in [6.07, 6.45) is 0. The Balaban J connectivity index is 2.80. The molecule has 0 spiro atoms. The van der Waals surface area contributed by atoms with Gasteiger partial charge in [-0.25, -0.2) is 8.42 Å². The number of aryl methyl sites for hydroxylation is 2. The number of ether oxygens (including phenoxy) is 1. The summed E-state index contributed by atoms with van der Waals surface area (Å²) in [6.45, 7) is 4.64. The van der Waals surface area contributed by atoms with E-state index in [2.05, 4.69) is 19.7 Å². The number of hydrogen-bond acceptors (Lipinski definition) is 5. The summed E-state index contributed by atoms with van der Waals surface area (Å²) in [4.78, 5) is 11.1. The molecule has 0 atom stereocenters. The molecule has 0 amide bonds. The molecule has 0 aliphatic heterocycles. The molecule has 0 aliphatic carbocycles. The molecular weight excluding hydrogens is 246 g/mol. The van der Waals surface area contributed by atoms with E-state index in [-0.39, 0.29) is 18.0 Å². The summed E-state index contributed by atoms with van der Waals surface area (Å²) < 4.78 is 30.5. The van der Waals surface area contributed by atoms with Gasteiger partial charge in [-0.1, -0.05) is 0 Å². The third kappa shape index (κ3) is 3.27. The quantitative estimate of drug-likeness (QED) is 0.719. The average molecular weight is 261 g/mol. The van der Waals surface area contributed by atoms with Gasteiger partial charge in [-0.05, 0) is 20.8 Å². The van der Waals surface area contributed by atoms with Crippen molar-refractivity contribution in [3.05, 3.63) is 11.4 Å². The number of esters is 1. The largest absolute Gasteiger partial charge is 0.465 e. The van der Waals surface area contributed by atoms with Gasteiger partial charge in [0.05, 0.1) is 18.0 Å². The maximum Gasteiger partial charge on any atom is 0.321 e. The SMILES string of the molecule is CCOC(=O)CNS(=O)(=O)c1c(C)n[nH]c1C. The Morgan fingerprint density at radius 1 is 1.47 bits per heavy atom. The van der Waals surface area contributed by atoms with E-state index in [4.69, 9.17) is 0 Å². The fourth-order valence-electron chi connectivity index (χ4n) is 1.37. The average Bonchev–Trinajstić information content (AvgIpc) is 2.57. The summed E-state index contributed by atoms with van der Waals surface area (Å²) in [5.41, 5.74) is 0.790. The van der Waals surface area contributed by atoms with Crippen LogP contribution in [0.2, 0.25) is 0 Å². The van der Waals surface area contributed by atoms with Gasteiger partial charge in [0.2, 0.25) is 10.0 Å². The lowest BCUT2D eigenvalue weighted by Crippen LogP contribution is -2.31. The van der Waals surface area contributed by atoms with Crippen molar-refractivity contribution < 1.29 is 17.9 Å². The first-order valence-corrected chi connectivity index (χ1v) is 6.53. The second kappa shape index (κ2) is 5.28. The van der Waals surface area contributed by atoms with E-state index in [0.717, 1.165) is 0 Å². The van der Waals surface area contributed by atoms with Crippen LogP contribution < -0.4 is 4.72 Å². The van der Waals surface area contributed by atoms with Gasteiger partial charge in [-0.3, -0.25) is 9.89 Å². The predicted octanol–water partition coefficient (Wildman–Crippen LogP) is -0.132. The van der Waals surface area contributed by atoms with Crippen molar-refractivity contribution in [2.24, 2.45) is 0 Å². The summed E-state index contributed by atoms with van der Waals surface area (Å²) in [6, 6.07) is 0. The van der Waals surface area contributed by atoms with Gasteiger partial charge in [0, 0.05) is 0 Å². The van der Waals surface area contributed by atoms with Gasteiger partial charge < -0.3 is 4.74 Å². The fraction of sp³-hybridized carbons (Fsp3) is 0.556. The summed E-state index contributed by atoms with van der Waals surface area (Å²) in [7, 11) is -3.74. The van der Waals surface area contributed by atoms with E-state index < -0.39 is 16.0 Å². The van der Waals surface area contributed by atoms with Gasteiger partial charge in [0.25, 0.3) is 0 Å². The highest BCUT2D eigenvalue weighted by molar-refractivity contribution is 7.89. The Kier molecular flexibility index (Phi) is 4.24. The Bertz CT molecular complexity index is 487. The number of sulfonamides is 1. The Labute approximate surface area is 99.6 Å². The molecule has 1 heterocycles. The number of aromatic nitrogens is 2. The number of nitrogens with one attached hydrogen (secondary N) is 2. The minimum atomic E-state index is -3.74.